The molecule has 2 aromatic carbocycles. The molecular formula is C23H28N2O4. The molecule has 2 rings (SSSR count). The molecule has 0 aliphatic rings. The van der Waals surface area contributed by atoms with Gasteiger partial charge in [-0.1, -0.05) is 31.2 Å². The maximum absolute atomic E-state index is 12.4. The van der Waals surface area contributed by atoms with Gasteiger partial charge in [-0.3, -0.25) is 9.59 Å². The van der Waals surface area contributed by atoms with Gasteiger partial charge in [0.2, 0.25) is 11.8 Å². The number of para-hydroxylation sites is 1. The van der Waals surface area contributed by atoms with Crippen LogP contribution in [0.15, 0.2) is 48.5 Å². The van der Waals surface area contributed by atoms with Crippen molar-refractivity contribution in [2.75, 3.05) is 32.6 Å². The van der Waals surface area contributed by atoms with Crippen molar-refractivity contribution in [1.82, 2.24) is 4.90 Å². The first-order valence-corrected chi connectivity index (χ1v) is 9.60. The van der Waals surface area contributed by atoms with Crippen LogP contribution in [0, 0.1) is 0 Å². The van der Waals surface area contributed by atoms with E-state index in [1.165, 1.54) is 11.0 Å². The molecule has 0 fully saturated rings. The average Bonchev–Trinajstić information content (AvgIpc) is 2.73. The molecule has 0 saturated heterocycles. The number of carbonyl (C=O) groups is 2. The summed E-state index contributed by atoms with van der Waals surface area (Å²) in [6.07, 6.45) is 3.93. The van der Waals surface area contributed by atoms with Crippen LogP contribution in [0.4, 0.5) is 5.69 Å². The number of nitrogens with one attached hydrogen (secondary N) is 1. The third-order valence-electron chi connectivity index (χ3n) is 4.34. The normalized spacial score (nSPS) is 10.6. The van der Waals surface area contributed by atoms with E-state index in [4.69, 9.17) is 9.47 Å². The molecule has 6 nitrogen and oxygen atoms in total. The van der Waals surface area contributed by atoms with E-state index in [9.17, 15) is 9.59 Å². The largest absolute Gasteiger partial charge is 0.493 e. The van der Waals surface area contributed by atoms with Crippen LogP contribution in [0.1, 0.15) is 25.0 Å². The first-order chi connectivity index (χ1) is 14.0. The topological polar surface area (TPSA) is 67.9 Å². The van der Waals surface area contributed by atoms with E-state index < -0.39 is 0 Å². The molecule has 0 heterocycles. The summed E-state index contributed by atoms with van der Waals surface area (Å²) in [6, 6.07) is 13.1. The van der Waals surface area contributed by atoms with E-state index in [0.29, 0.717) is 18.1 Å². The van der Waals surface area contributed by atoms with Gasteiger partial charge in [-0.2, -0.15) is 0 Å². The number of rotatable bonds is 9. The summed E-state index contributed by atoms with van der Waals surface area (Å²) in [5, 5.41) is 2.87. The van der Waals surface area contributed by atoms with Gasteiger partial charge in [0.25, 0.3) is 0 Å². The Morgan fingerprint density at radius 2 is 1.86 bits per heavy atom. The minimum absolute atomic E-state index is 0.0339. The lowest BCUT2D eigenvalue weighted by atomic mass is 10.1. The smallest absolute Gasteiger partial charge is 0.246 e. The van der Waals surface area contributed by atoms with Crippen molar-refractivity contribution in [2.24, 2.45) is 0 Å². The highest BCUT2D eigenvalue weighted by Crippen LogP contribution is 2.28. The molecule has 1 N–H and O–H groups in total. The summed E-state index contributed by atoms with van der Waals surface area (Å²) in [7, 11) is 3.16. The van der Waals surface area contributed by atoms with Crippen molar-refractivity contribution in [3.63, 3.8) is 0 Å². The van der Waals surface area contributed by atoms with Gasteiger partial charge < -0.3 is 19.7 Å². The third kappa shape index (κ3) is 6.38. The Balaban J connectivity index is 1.97. The fourth-order valence-electron chi connectivity index (χ4n) is 2.79. The first-order valence-electron chi connectivity index (χ1n) is 9.60. The number of methoxy groups -OCH3 is 1. The van der Waals surface area contributed by atoms with Crippen LogP contribution in [0.3, 0.4) is 0 Å². The number of anilines is 1. The average molecular weight is 396 g/mol. The summed E-state index contributed by atoms with van der Waals surface area (Å²) >= 11 is 0. The lowest BCUT2D eigenvalue weighted by Gasteiger charge is -2.16. The summed E-state index contributed by atoms with van der Waals surface area (Å²) in [5.41, 5.74) is 2.63. The highest BCUT2D eigenvalue weighted by Gasteiger charge is 2.12. The second kappa shape index (κ2) is 10.9. The van der Waals surface area contributed by atoms with Crippen molar-refractivity contribution in [3.8, 4) is 11.5 Å². The second-order valence-corrected chi connectivity index (χ2v) is 6.43. The Bertz CT molecular complexity index is 877. The van der Waals surface area contributed by atoms with Gasteiger partial charge in [0.1, 0.15) is 0 Å². The molecule has 0 spiro atoms. The number of benzene rings is 2. The van der Waals surface area contributed by atoms with Crippen LogP contribution < -0.4 is 14.8 Å². The van der Waals surface area contributed by atoms with Crippen LogP contribution in [0.2, 0.25) is 0 Å². The molecule has 6 heteroatoms. The number of likely N-dealkylation sites (N-methyl/N-ethyl adjacent to an activating group) is 1. The first kappa shape index (κ1) is 22.0. The van der Waals surface area contributed by atoms with Gasteiger partial charge in [-0.15, -0.1) is 0 Å². The van der Waals surface area contributed by atoms with Crippen LogP contribution >= 0.6 is 0 Å². The summed E-state index contributed by atoms with van der Waals surface area (Å²) < 4.78 is 10.8. The van der Waals surface area contributed by atoms with Crippen LogP contribution in [-0.2, 0) is 16.0 Å². The lowest BCUT2D eigenvalue weighted by molar-refractivity contribution is -0.129. The molecule has 0 saturated carbocycles. The van der Waals surface area contributed by atoms with Crippen molar-refractivity contribution < 1.29 is 19.1 Å². The van der Waals surface area contributed by atoms with Crippen molar-refractivity contribution in [3.05, 3.63) is 59.7 Å². The molecule has 29 heavy (non-hydrogen) atoms. The van der Waals surface area contributed by atoms with Crippen LogP contribution in [0.25, 0.3) is 6.08 Å². The van der Waals surface area contributed by atoms with Gasteiger partial charge in [-0.25, -0.2) is 0 Å². The zero-order valence-corrected chi connectivity index (χ0v) is 17.4. The van der Waals surface area contributed by atoms with E-state index in [-0.39, 0.29) is 18.4 Å². The summed E-state index contributed by atoms with van der Waals surface area (Å²) in [6.45, 7) is 4.44. The maximum atomic E-state index is 12.4. The molecule has 0 bridgehead atoms. The Morgan fingerprint density at radius 3 is 2.55 bits per heavy atom. The Labute approximate surface area is 172 Å². The Kier molecular flexibility index (Phi) is 8.27. The van der Waals surface area contributed by atoms with Gasteiger partial charge in [0, 0.05) is 18.8 Å². The maximum Gasteiger partial charge on any atom is 0.246 e. The monoisotopic (exact) mass is 396 g/mol. The predicted octanol–water partition coefficient (Wildman–Crippen LogP) is 3.77. The quantitative estimate of drug-likeness (QED) is 0.655. The van der Waals surface area contributed by atoms with Crippen LogP contribution in [0.5, 0.6) is 11.5 Å². The molecule has 154 valence electrons. The number of hydrogen-bond acceptors (Lipinski definition) is 4. The summed E-state index contributed by atoms with van der Waals surface area (Å²) in [5.74, 6) is 0.748. The van der Waals surface area contributed by atoms with E-state index in [1.807, 2.05) is 44.2 Å². The van der Waals surface area contributed by atoms with E-state index in [2.05, 4.69) is 5.32 Å². The van der Waals surface area contributed by atoms with E-state index >= 15 is 0 Å². The summed E-state index contributed by atoms with van der Waals surface area (Å²) in [4.78, 5) is 26.0. The highest BCUT2D eigenvalue weighted by molar-refractivity contribution is 5.98. The molecule has 0 aromatic heterocycles. The lowest BCUT2D eigenvalue weighted by Crippen LogP contribution is -2.34. The Morgan fingerprint density at radius 1 is 1.10 bits per heavy atom. The molecule has 0 atom stereocenters. The zero-order chi connectivity index (χ0) is 21.2. The minimum Gasteiger partial charge on any atom is -0.493 e. The van der Waals surface area contributed by atoms with Gasteiger partial charge in [0.05, 0.1) is 20.3 Å². The fraction of sp³-hybridized carbons (Fsp3) is 0.304. The van der Waals surface area contributed by atoms with E-state index in [0.717, 1.165) is 23.2 Å². The minimum atomic E-state index is -0.267. The fourth-order valence-corrected chi connectivity index (χ4v) is 2.79. The number of aryl methyl sites for hydroxylation is 1. The zero-order valence-electron chi connectivity index (χ0n) is 17.4. The van der Waals surface area contributed by atoms with Gasteiger partial charge in [-0.05, 0) is 48.7 Å². The SMILES string of the molecule is CCOc1ccc(/C=C/C(=O)N(C)CC(=O)Nc2ccccc2CC)cc1OC. The van der Waals surface area contributed by atoms with Crippen molar-refractivity contribution in [1.29, 1.82) is 0 Å². The Hall–Kier alpha value is -3.28. The number of hydrogen-bond donors (Lipinski definition) is 1. The van der Waals surface area contributed by atoms with Crippen LogP contribution in [-0.4, -0.2) is 44.0 Å². The molecule has 0 aliphatic heterocycles. The van der Waals surface area contributed by atoms with Crippen molar-refractivity contribution in [2.45, 2.75) is 20.3 Å². The van der Waals surface area contributed by atoms with Crippen molar-refractivity contribution >= 4 is 23.6 Å². The molecule has 0 unspecified atom stereocenters. The van der Waals surface area contributed by atoms with E-state index in [1.54, 1.807) is 32.4 Å². The number of ether oxygens (including phenoxy) is 2. The molecule has 0 aliphatic carbocycles. The molecular weight excluding hydrogens is 368 g/mol. The predicted molar refractivity (Wildman–Crippen MR) is 115 cm³/mol. The number of carbonyl (C=O) groups excluding carboxylic acids is 2. The standard InChI is InChI=1S/C23H28N2O4/c1-5-18-9-7-8-10-19(18)24-22(26)16-25(3)23(27)14-12-17-11-13-20(29-6-2)21(15-17)28-4/h7-15H,5-6,16H2,1-4H3,(H,24,26)/b14-12+. The third-order valence-corrected chi connectivity index (χ3v) is 4.34. The molecule has 2 aromatic rings. The number of amides is 2. The molecule has 0 radical (unpaired) electrons. The molecule has 2 amide bonds. The van der Waals surface area contributed by atoms with Gasteiger partial charge >= 0.3 is 0 Å². The highest BCUT2D eigenvalue weighted by atomic mass is 16.5. The van der Waals surface area contributed by atoms with Gasteiger partial charge in [0.15, 0.2) is 11.5 Å². The second-order valence-electron chi connectivity index (χ2n) is 6.43. The number of nitrogens with zero attached hydrogens (tertiary/aromatic N) is 1.